The molecule has 0 fully saturated rings. The summed E-state index contributed by atoms with van der Waals surface area (Å²) in [6, 6.07) is 7.04. The van der Waals surface area contributed by atoms with E-state index in [2.05, 4.69) is 11.9 Å². The van der Waals surface area contributed by atoms with E-state index in [1.165, 1.54) is 35.4 Å². The van der Waals surface area contributed by atoms with E-state index >= 15 is 0 Å². The second kappa shape index (κ2) is 8.96. The fourth-order valence-electron chi connectivity index (χ4n) is 5.47. The van der Waals surface area contributed by atoms with Crippen molar-refractivity contribution in [1.82, 2.24) is 14.9 Å². The molecule has 1 aromatic carbocycles. The van der Waals surface area contributed by atoms with Crippen LogP contribution in [0.2, 0.25) is 0 Å². The Bertz CT molecular complexity index is 1220. The van der Waals surface area contributed by atoms with Crippen molar-refractivity contribution in [3.63, 3.8) is 0 Å². The number of aromatic nitrogens is 2. The van der Waals surface area contributed by atoms with Gasteiger partial charge < -0.3 is 0 Å². The number of imide groups is 1. The van der Waals surface area contributed by atoms with E-state index in [0.717, 1.165) is 34.9 Å². The van der Waals surface area contributed by atoms with Gasteiger partial charge in [0, 0.05) is 18.0 Å². The van der Waals surface area contributed by atoms with Gasteiger partial charge in [0.05, 0.1) is 27.6 Å². The van der Waals surface area contributed by atoms with Gasteiger partial charge in [0.1, 0.15) is 16.7 Å². The zero-order valence-electron chi connectivity index (χ0n) is 19.1. The van der Waals surface area contributed by atoms with E-state index in [1.807, 2.05) is 0 Å². The topological polar surface area (TPSA) is 75.5 Å². The third-order valence-corrected chi connectivity index (χ3v) is 9.44. The molecule has 0 saturated heterocycles. The number of hydrogen-bond donors (Lipinski definition) is 0. The highest BCUT2D eigenvalue weighted by atomic mass is 32.2. The third-order valence-electron chi connectivity index (χ3n) is 7.08. The number of carbonyl (C=O) groups is 2. The predicted molar refractivity (Wildman–Crippen MR) is 135 cm³/mol. The molecule has 0 radical (unpaired) electrons. The van der Waals surface area contributed by atoms with Gasteiger partial charge in [0.15, 0.2) is 0 Å². The maximum absolute atomic E-state index is 12.7. The fourth-order valence-corrected chi connectivity index (χ4v) is 7.92. The number of dihydropyridines is 1. The first-order chi connectivity index (χ1) is 16.7. The van der Waals surface area contributed by atoms with Crippen LogP contribution in [0.1, 0.15) is 77.8 Å². The molecule has 2 amide bonds. The number of benzene rings is 1. The van der Waals surface area contributed by atoms with Gasteiger partial charge in [-0.25, -0.2) is 9.97 Å². The van der Waals surface area contributed by atoms with Crippen LogP contribution < -0.4 is 0 Å². The highest BCUT2D eigenvalue weighted by molar-refractivity contribution is 8.02. The van der Waals surface area contributed by atoms with Crippen LogP contribution in [0.15, 0.2) is 56.7 Å². The van der Waals surface area contributed by atoms with Crippen molar-refractivity contribution < 1.29 is 9.59 Å². The standard InChI is InChI=1S/C26H26N4O2S2/c1-2-3-11-19-15-9-6-10-16(15)20-21-22(34-23(20)29-19)24(28-14-27-21)33-13-12-30-25(31)17-7-4-5-8-18(17)26(30)32/h4-5,7-8,14,20,23H,2-3,6,9-13H2,1H3/t20-,23-/m1/s1. The molecule has 0 N–H and O–H groups in total. The highest BCUT2D eigenvalue weighted by Crippen LogP contribution is 2.56. The van der Waals surface area contributed by atoms with E-state index in [-0.39, 0.29) is 23.1 Å². The van der Waals surface area contributed by atoms with Crippen LogP contribution in [0.5, 0.6) is 0 Å². The van der Waals surface area contributed by atoms with Gasteiger partial charge >= 0.3 is 0 Å². The van der Waals surface area contributed by atoms with Gasteiger partial charge in [-0.15, -0.1) is 11.8 Å². The van der Waals surface area contributed by atoms with E-state index in [9.17, 15) is 9.59 Å². The Labute approximate surface area is 207 Å². The number of nitrogens with zero attached hydrogens (tertiary/aromatic N) is 4. The molecule has 0 bridgehead atoms. The summed E-state index contributed by atoms with van der Waals surface area (Å²) in [5.41, 5.74) is 6.49. The van der Waals surface area contributed by atoms with Crippen LogP contribution in [0.3, 0.4) is 0 Å². The molecule has 0 saturated carbocycles. The van der Waals surface area contributed by atoms with Crippen LogP contribution in [-0.2, 0) is 0 Å². The number of hydrogen-bond acceptors (Lipinski definition) is 7. The first-order valence-corrected chi connectivity index (χ1v) is 13.9. The van der Waals surface area contributed by atoms with Crippen molar-refractivity contribution in [2.45, 2.75) is 66.7 Å². The van der Waals surface area contributed by atoms with Crippen molar-refractivity contribution in [3.05, 3.63) is 58.6 Å². The predicted octanol–water partition coefficient (Wildman–Crippen LogP) is 5.51. The molecule has 6 nitrogen and oxygen atoms in total. The first kappa shape index (κ1) is 22.0. The molecule has 4 aliphatic rings. The van der Waals surface area contributed by atoms with Crippen LogP contribution in [0.25, 0.3) is 0 Å². The Kier molecular flexibility index (Phi) is 5.81. The summed E-state index contributed by atoms with van der Waals surface area (Å²) in [6.45, 7) is 2.60. The van der Waals surface area contributed by atoms with Gasteiger partial charge in [-0.05, 0) is 49.8 Å². The number of rotatable bonds is 7. The van der Waals surface area contributed by atoms with E-state index < -0.39 is 0 Å². The summed E-state index contributed by atoms with van der Waals surface area (Å²) in [5.74, 6) is 0.457. The molecule has 4 heterocycles. The van der Waals surface area contributed by atoms with Gasteiger partial charge in [0.25, 0.3) is 11.8 Å². The average Bonchev–Trinajstić information content (AvgIpc) is 3.54. The van der Waals surface area contributed by atoms with Crippen molar-refractivity contribution in [2.75, 3.05) is 12.3 Å². The zero-order chi connectivity index (χ0) is 23.2. The van der Waals surface area contributed by atoms with Gasteiger partial charge in [0.2, 0.25) is 0 Å². The molecule has 0 spiro atoms. The molecule has 1 aromatic heterocycles. The number of carbonyl (C=O) groups excluding carboxylic acids is 2. The Morgan fingerprint density at radius 2 is 1.91 bits per heavy atom. The van der Waals surface area contributed by atoms with Crippen LogP contribution in [0, 0.1) is 0 Å². The Balaban J connectivity index is 1.20. The molecule has 34 heavy (non-hydrogen) atoms. The summed E-state index contributed by atoms with van der Waals surface area (Å²) >= 11 is 3.39. The summed E-state index contributed by atoms with van der Waals surface area (Å²) in [5, 5.41) is 1.09. The molecule has 2 aromatic rings. The normalized spacial score (nSPS) is 22.6. The lowest BCUT2D eigenvalue weighted by Gasteiger charge is -2.26. The highest BCUT2D eigenvalue weighted by Gasteiger charge is 2.44. The maximum atomic E-state index is 12.7. The molecule has 6 rings (SSSR count). The van der Waals surface area contributed by atoms with Gasteiger partial charge in [-0.3, -0.25) is 19.5 Å². The summed E-state index contributed by atoms with van der Waals surface area (Å²) in [4.78, 5) is 42.3. The number of amides is 2. The molecule has 3 aliphatic heterocycles. The first-order valence-electron chi connectivity index (χ1n) is 12.1. The molecule has 8 heteroatoms. The van der Waals surface area contributed by atoms with Crippen molar-refractivity contribution >= 4 is 41.0 Å². The van der Waals surface area contributed by atoms with Crippen LogP contribution in [-0.4, -0.2) is 50.1 Å². The molecular formula is C26H26N4O2S2. The number of allylic oxidation sites excluding steroid dienone is 1. The number of unbranched alkanes of at least 4 members (excludes halogenated alkanes) is 1. The smallest absolute Gasteiger partial charge is 0.261 e. The Morgan fingerprint density at radius 3 is 2.68 bits per heavy atom. The maximum Gasteiger partial charge on any atom is 0.261 e. The minimum Gasteiger partial charge on any atom is -0.274 e. The molecule has 0 unspecified atom stereocenters. The summed E-state index contributed by atoms with van der Waals surface area (Å²) < 4.78 is 0. The van der Waals surface area contributed by atoms with Gasteiger partial charge in [-0.2, -0.15) is 0 Å². The zero-order valence-corrected chi connectivity index (χ0v) is 20.8. The van der Waals surface area contributed by atoms with E-state index in [1.54, 1.807) is 59.7 Å². The Morgan fingerprint density at radius 1 is 1.12 bits per heavy atom. The molecule has 2 atom stereocenters. The van der Waals surface area contributed by atoms with Crippen LogP contribution in [0.4, 0.5) is 0 Å². The lowest BCUT2D eigenvalue weighted by atomic mass is 9.87. The number of aliphatic imine (C=N–C) groups is 1. The van der Waals surface area contributed by atoms with E-state index in [0.29, 0.717) is 23.4 Å². The second-order valence-electron chi connectivity index (χ2n) is 9.07. The van der Waals surface area contributed by atoms with E-state index in [4.69, 9.17) is 9.98 Å². The Hall–Kier alpha value is -2.45. The third kappa shape index (κ3) is 3.53. The number of fused-ring (bicyclic) bond motifs is 5. The molecule has 174 valence electrons. The quantitative estimate of drug-likeness (QED) is 0.290. The van der Waals surface area contributed by atoms with Crippen molar-refractivity contribution in [3.8, 4) is 0 Å². The SMILES string of the molecule is CCCCC1=N[C@@H]2Sc3c(SCCN4C(=O)c5ccccc5C4=O)ncnc3[C@H]2C2=C1CCC2. The number of thioether (sulfide) groups is 2. The molecular weight excluding hydrogens is 464 g/mol. The summed E-state index contributed by atoms with van der Waals surface area (Å²) in [6.07, 6.45) is 8.61. The minimum absolute atomic E-state index is 0.158. The molecule has 1 aliphatic carbocycles. The fraction of sp³-hybridized carbons (Fsp3) is 0.423. The largest absolute Gasteiger partial charge is 0.274 e. The van der Waals surface area contributed by atoms with Crippen molar-refractivity contribution in [1.29, 1.82) is 0 Å². The lowest BCUT2D eigenvalue weighted by molar-refractivity contribution is 0.0664. The minimum atomic E-state index is -0.204. The lowest BCUT2D eigenvalue weighted by Crippen LogP contribution is -2.31. The second-order valence-corrected chi connectivity index (χ2v) is 11.3. The average molecular weight is 491 g/mol. The summed E-state index contributed by atoms with van der Waals surface area (Å²) in [7, 11) is 0. The van der Waals surface area contributed by atoms with Gasteiger partial charge in [-0.1, -0.05) is 42.8 Å². The van der Waals surface area contributed by atoms with Crippen molar-refractivity contribution in [2.24, 2.45) is 4.99 Å². The van der Waals surface area contributed by atoms with Crippen LogP contribution >= 0.6 is 23.5 Å². The monoisotopic (exact) mass is 490 g/mol.